The average Bonchev–Trinajstić information content (AvgIpc) is 2.36. The molecule has 0 aliphatic heterocycles. The van der Waals surface area contributed by atoms with Gasteiger partial charge >= 0.3 is 5.97 Å². The van der Waals surface area contributed by atoms with Gasteiger partial charge in [-0.25, -0.2) is 4.79 Å². The Morgan fingerprint density at radius 3 is 2.65 bits per heavy atom. The van der Waals surface area contributed by atoms with Crippen molar-refractivity contribution in [1.82, 2.24) is 4.98 Å². The molecule has 0 radical (unpaired) electrons. The normalized spacial score (nSPS) is 11.2. The molecule has 0 fully saturated rings. The summed E-state index contributed by atoms with van der Waals surface area (Å²) in [6.07, 6.45) is 4.11. The van der Waals surface area contributed by atoms with E-state index in [1.54, 1.807) is 0 Å². The smallest absolute Gasteiger partial charge is 0.337 e. The highest BCUT2D eigenvalue weighted by Crippen LogP contribution is 2.18. The summed E-state index contributed by atoms with van der Waals surface area (Å²) in [4.78, 5) is 14.8. The van der Waals surface area contributed by atoms with Gasteiger partial charge in [0.05, 0.1) is 23.0 Å². The lowest BCUT2D eigenvalue weighted by molar-refractivity contribution is 0.0455. The summed E-state index contributed by atoms with van der Waals surface area (Å²) in [7, 11) is 0. The summed E-state index contributed by atoms with van der Waals surface area (Å²) in [5, 5.41) is 22.0. The van der Waals surface area contributed by atoms with Crippen LogP contribution in [0.1, 0.15) is 37.0 Å². The van der Waals surface area contributed by atoms with Gasteiger partial charge in [-0.2, -0.15) is 0 Å². The number of carbonyl (C=O) groups is 1. The molecule has 1 aromatic rings. The third kappa shape index (κ3) is 3.42. The van der Waals surface area contributed by atoms with Gasteiger partial charge < -0.3 is 15.5 Å². The first-order valence-corrected chi connectivity index (χ1v) is 5.66. The molecule has 3 N–H and O–H groups in total. The molecule has 0 aliphatic rings. The summed E-state index contributed by atoms with van der Waals surface area (Å²) in [6.45, 7) is 4.10. The summed E-state index contributed by atoms with van der Waals surface area (Å²) < 4.78 is 0. The van der Waals surface area contributed by atoms with Gasteiger partial charge in [-0.05, 0) is 18.9 Å². The van der Waals surface area contributed by atoms with E-state index in [0.717, 1.165) is 0 Å². The van der Waals surface area contributed by atoms with Crippen molar-refractivity contribution in [3.8, 4) is 0 Å². The standard InChI is InChI=1S/C12H18N2O3/c1-3-12(17,4-2)8-14-10-7-13-6-5-9(10)11(15)16/h5-7,14,17H,3-4,8H2,1-2H3,(H,15,16). The van der Waals surface area contributed by atoms with Gasteiger partial charge in [0, 0.05) is 12.7 Å². The number of nitrogens with zero attached hydrogens (tertiary/aromatic N) is 1. The first-order valence-electron chi connectivity index (χ1n) is 5.66. The molecule has 0 atom stereocenters. The average molecular weight is 238 g/mol. The van der Waals surface area contributed by atoms with Gasteiger partial charge in [-0.15, -0.1) is 0 Å². The zero-order chi connectivity index (χ0) is 12.9. The summed E-state index contributed by atoms with van der Waals surface area (Å²) in [5.74, 6) is -1.01. The maximum atomic E-state index is 11.0. The quantitative estimate of drug-likeness (QED) is 0.703. The van der Waals surface area contributed by atoms with Crippen LogP contribution in [0.3, 0.4) is 0 Å². The van der Waals surface area contributed by atoms with Crippen LogP contribution >= 0.6 is 0 Å². The minimum absolute atomic E-state index is 0.162. The van der Waals surface area contributed by atoms with E-state index in [0.29, 0.717) is 25.1 Å². The van der Waals surface area contributed by atoms with Crippen molar-refractivity contribution < 1.29 is 15.0 Å². The molecule has 0 saturated carbocycles. The fraction of sp³-hybridized carbons (Fsp3) is 0.500. The molecular formula is C12H18N2O3. The molecule has 0 unspecified atom stereocenters. The first kappa shape index (κ1) is 13.4. The highest BCUT2D eigenvalue weighted by Gasteiger charge is 2.22. The number of pyridine rings is 1. The number of carboxylic acid groups (broad SMARTS) is 1. The zero-order valence-corrected chi connectivity index (χ0v) is 10.1. The number of nitrogens with one attached hydrogen (secondary N) is 1. The number of aromatic carboxylic acids is 1. The lowest BCUT2D eigenvalue weighted by Gasteiger charge is -2.26. The lowest BCUT2D eigenvalue weighted by atomic mass is 9.97. The van der Waals surface area contributed by atoms with Crippen molar-refractivity contribution >= 4 is 11.7 Å². The van der Waals surface area contributed by atoms with Crippen LogP contribution < -0.4 is 5.32 Å². The number of hydrogen-bond donors (Lipinski definition) is 3. The Hall–Kier alpha value is -1.62. The molecule has 0 amide bonds. The van der Waals surface area contributed by atoms with Crippen molar-refractivity contribution in [3.63, 3.8) is 0 Å². The van der Waals surface area contributed by atoms with Crippen LogP contribution in [0.15, 0.2) is 18.5 Å². The highest BCUT2D eigenvalue weighted by atomic mass is 16.4. The van der Waals surface area contributed by atoms with Crippen LogP contribution in [0.2, 0.25) is 0 Å². The van der Waals surface area contributed by atoms with E-state index in [-0.39, 0.29) is 5.56 Å². The molecule has 0 aliphatic carbocycles. The van der Waals surface area contributed by atoms with Crippen LogP contribution in [0, 0.1) is 0 Å². The Labute approximate surface area is 101 Å². The Balaban J connectivity index is 2.79. The topological polar surface area (TPSA) is 82.5 Å². The van der Waals surface area contributed by atoms with Crippen LogP contribution in [-0.2, 0) is 0 Å². The fourth-order valence-corrected chi connectivity index (χ4v) is 1.48. The van der Waals surface area contributed by atoms with Crippen LogP contribution in [0.5, 0.6) is 0 Å². The second-order valence-electron chi connectivity index (χ2n) is 4.01. The molecule has 0 aromatic carbocycles. The summed E-state index contributed by atoms with van der Waals surface area (Å²) in [6, 6.07) is 1.43. The fourth-order valence-electron chi connectivity index (χ4n) is 1.48. The van der Waals surface area contributed by atoms with Gasteiger partial charge in [-0.1, -0.05) is 13.8 Å². The van der Waals surface area contributed by atoms with Gasteiger partial charge in [0.1, 0.15) is 0 Å². The third-order valence-electron chi connectivity index (χ3n) is 2.98. The number of rotatable bonds is 6. The molecule has 1 rings (SSSR count). The number of anilines is 1. The predicted molar refractivity (Wildman–Crippen MR) is 65.2 cm³/mol. The summed E-state index contributed by atoms with van der Waals surface area (Å²) >= 11 is 0. The number of aliphatic hydroxyl groups is 1. The second kappa shape index (κ2) is 5.63. The second-order valence-corrected chi connectivity index (χ2v) is 4.01. The predicted octanol–water partition coefficient (Wildman–Crippen LogP) is 1.74. The molecule has 1 heterocycles. The molecule has 0 saturated heterocycles. The number of hydrogen-bond acceptors (Lipinski definition) is 4. The molecule has 0 spiro atoms. The molecule has 1 aromatic heterocycles. The largest absolute Gasteiger partial charge is 0.478 e. The minimum atomic E-state index is -1.01. The number of aromatic nitrogens is 1. The highest BCUT2D eigenvalue weighted by molar-refractivity contribution is 5.93. The van der Waals surface area contributed by atoms with Crippen LogP contribution in [0.25, 0.3) is 0 Å². The zero-order valence-electron chi connectivity index (χ0n) is 10.1. The maximum absolute atomic E-state index is 11.0. The molecule has 17 heavy (non-hydrogen) atoms. The molecule has 5 heteroatoms. The lowest BCUT2D eigenvalue weighted by Crippen LogP contribution is -2.35. The Morgan fingerprint density at radius 2 is 2.12 bits per heavy atom. The van der Waals surface area contributed by atoms with Crippen molar-refractivity contribution in [2.45, 2.75) is 32.3 Å². The first-order chi connectivity index (χ1) is 8.02. The Morgan fingerprint density at radius 1 is 1.47 bits per heavy atom. The van der Waals surface area contributed by atoms with E-state index in [1.165, 1.54) is 18.5 Å². The molecule has 94 valence electrons. The van der Waals surface area contributed by atoms with Gasteiger partial charge in [0.2, 0.25) is 0 Å². The Kier molecular flexibility index (Phi) is 4.45. The number of carboxylic acids is 1. The summed E-state index contributed by atoms with van der Waals surface area (Å²) in [5.41, 5.74) is -0.221. The monoisotopic (exact) mass is 238 g/mol. The van der Waals surface area contributed by atoms with E-state index in [1.807, 2.05) is 13.8 Å². The van der Waals surface area contributed by atoms with E-state index in [4.69, 9.17) is 5.11 Å². The maximum Gasteiger partial charge on any atom is 0.337 e. The van der Waals surface area contributed by atoms with Crippen LogP contribution in [-0.4, -0.2) is 33.3 Å². The third-order valence-corrected chi connectivity index (χ3v) is 2.98. The molecule has 5 nitrogen and oxygen atoms in total. The molecular weight excluding hydrogens is 220 g/mol. The van der Waals surface area contributed by atoms with Gasteiger partial charge in [0.25, 0.3) is 0 Å². The van der Waals surface area contributed by atoms with E-state index >= 15 is 0 Å². The molecule has 0 bridgehead atoms. The SMILES string of the molecule is CCC(O)(CC)CNc1cnccc1C(=O)O. The van der Waals surface area contributed by atoms with E-state index in [2.05, 4.69) is 10.3 Å². The Bertz CT molecular complexity index is 389. The van der Waals surface area contributed by atoms with Crippen molar-refractivity contribution in [2.24, 2.45) is 0 Å². The van der Waals surface area contributed by atoms with Crippen molar-refractivity contribution in [1.29, 1.82) is 0 Å². The van der Waals surface area contributed by atoms with E-state index in [9.17, 15) is 9.90 Å². The van der Waals surface area contributed by atoms with Crippen LogP contribution in [0.4, 0.5) is 5.69 Å². The van der Waals surface area contributed by atoms with Gasteiger partial charge in [-0.3, -0.25) is 4.98 Å². The minimum Gasteiger partial charge on any atom is -0.478 e. The van der Waals surface area contributed by atoms with E-state index < -0.39 is 11.6 Å². The van der Waals surface area contributed by atoms with Crippen molar-refractivity contribution in [2.75, 3.05) is 11.9 Å². The van der Waals surface area contributed by atoms with Crippen molar-refractivity contribution in [3.05, 3.63) is 24.0 Å². The van der Waals surface area contributed by atoms with Gasteiger partial charge in [0.15, 0.2) is 0 Å².